The first-order chi connectivity index (χ1) is 15.6. The molecule has 8 nitrogen and oxygen atoms in total. The van der Waals surface area contributed by atoms with Gasteiger partial charge in [-0.05, 0) is 68.7 Å². The first-order valence-electron chi connectivity index (χ1n) is 10.8. The van der Waals surface area contributed by atoms with E-state index in [-0.39, 0.29) is 35.4 Å². The number of aliphatic carboxylic acids is 1. The van der Waals surface area contributed by atoms with E-state index in [4.69, 9.17) is 4.74 Å². The highest BCUT2D eigenvalue weighted by atomic mass is 32.2. The van der Waals surface area contributed by atoms with Crippen molar-refractivity contribution in [3.8, 4) is 5.75 Å². The standard InChI is InChI=1S/C23H24FN3O5S/c1-13(2)32-16-4-6-17(7-5-16)33(30,31)26-12-14-9-21(26)23(14)27-20-10-15(24)3-8-18(20)19(25-27)11-22(28)29/h3-8,10,13-14,21,23H,9,11-12H2,1-2H3,(H,28,29)/t14?,21?,23-/m1/s1. The molecule has 33 heavy (non-hydrogen) atoms. The van der Waals surface area contributed by atoms with E-state index in [9.17, 15) is 22.7 Å². The maximum atomic E-state index is 14.0. The summed E-state index contributed by atoms with van der Waals surface area (Å²) in [6.45, 7) is 4.14. The van der Waals surface area contributed by atoms with Crippen LogP contribution in [0.25, 0.3) is 10.9 Å². The third-order valence-corrected chi connectivity index (χ3v) is 8.26. The summed E-state index contributed by atoms with van der Waals surface area (Å²) in [6.07, 6.45) is 0.381. The number of aromatic nitrogens is 2. The molecule has 6 rings (SSSR count). The van der Waals surface area contributed by atoms with Crippen molar-refractivity contribution in [2.24, 2.45) is 5.92 Å². The summed E-state index contributed by atoms with van der Waals surface area (Å²) in [5.74, 6) is -0.858. The Morgan fingerprint density at radius 2 is 1.97 bits per heavy atom. The average Bonchev–Trinajstić information content (AvgIpc) is 3.41. The quantitative estimate of drug-likeness (QED) is 0.565. The molecule has 3 heterocycles. The molecule has 1 N–H and O–H groups in total. The van der Waals surface area contributed by atoms with E-state index in [2.05, 4.69) is 5.10 Å². The summed E-state index contributed by atoms with van der Waals surface area (Å²) in [6, 6.07) is 9.92. The van der Waals surface area contributed by atoms with E-state index in [0.29, 0.717) is 35.3 Å². The molecule has 3 aromatic rings. The third kappa shape index (κ3) is 3.67. The van der Waals surface area contributed by atoms with Gasteiger partial charge in [0, 0.05) is 18.0 Å². The number of benzene rings is 2. The fourth-order valence-corrected chi connectivity index (χ4v) is 6.66. The number of sulfonamides is 1. The van der Waals surface area contributed by atoms with Crippen LogP contribution in [0, 0.1) is 11.7 Å². The minimum absolute atomic E-state index is 0.0150. The van der Waals surface area contributed by atoms with Crippen molar-refractivity contribution in [3.63, 3.8) is 0 Å². The zero-order valence-corrected chi connectivity index (χ0v) is 19.0. The summed E-state index contributed by atoms with van der Waals surface area (Å²) in [4.78, 5) is 11.5. The van der Waals surface area contributed by atoms with Gasteiger partial charge in [0.15, 0.2) is 0 Å². The molecular formula is C23H24FN3O5S. The van der Waals surface area contributed by atoms with Crippen LogP contribution in [0.15, 0.2) is 47.4 Å². The first kappa shape index (κ1) is 21.8. The highest BCUT2D eigenvalue weighted by molar-refractivity contribution is 7.89. The van der Waals surface area contributed by atoms with Crippen molar-refractivity contribution >= 4 is 26.9 Å². The topological polar surface area (TPSA) is 102 Å². The maximum absolute atomic E-state index is 14.0. The molecule has 3 aliphatic rings. The van der Waals surface area contributed by atoms with Crippen molar-refractivity contribution < 1.29 is 27.4 Å². The monoisotopic (exact) mass is 473 g/mol. The fraction of sp³-hybridized carbons (Fsp3) is 0.391. The predicted molar refractivity (Wildman–Crippen MR) is 118 cm³/mol. The summed E-state index contributed by atoms with van der Waals surface area (Å²) < 4.78 is 49.5. The second-order valence-corrected chi connectivity index (χ2v) is 10.8. The van der Waals surface area contributed by atoms with Crippen LogP contribution in [0.2, 0.25) is 0 Å². The van der Waals surface area contributed by atoms with Crippen LogP contribution in [0.1, 0.15) is 32.0 Å². The lowest BCUT2D eigenvalue weighted by Gasteiger charge is -2.36. The molecule has 10 heteroatoms. The van der Waals surface area contributed by atoms with E-state index < -0.39 is 21.8 Å². The van der Waals surface area contributed by atoms with Gasteiger partial charge in [-0.25, -0.2) is 12.8 Å². The maximum Gasteiger partial charge on any atom is 0.309 e. The Morgan fingerprint density at radius 3 is 2.64 bits per heavy atom. The van der Waals surface area contributed by atoms with Gasteiger partial charge in [-0.15, -0.1) is 0 Å². The smallest absolute Gasteiger partial charge is 0.309 e. The Hall–Kier alpha value is -2.98. The Balaban J connectivity index is 1.46. The molecule has 0 amide bonds. The van der Waals surface area contributed by atoms with Gasteiger partial charge in [-0.2, -0.15) is 9.40 Å². The van der Waals surface area contributed by atoms with E-state index in [1.54, 1.807) is 28.9 Å². The van der Waals surface area contributed by atoms with Gasteiger partial charge in [0.25, 0.3) is 0 Å². The van der Waals surface area contributed by atoms with Crippen molar-refractivity contribution in [1.82, 2.24) is 14.1 Å². The molecular weight excluding hydrogens is 449 g/mol. The number of carboxylic acids is 1. The number of ether oxygens (including phenoxy) is 1. The summed E-state index contributed by atoms with van der Waals surface area (Å²) in [5, 5.41) is 14.3. The predicted octanol–water partition coefficient (Wildman–Crippen LogP) is 3.22. The molecule has 2 saturated heterocycles. The van der Waals surface area contributed by atoms with Crippen molar-refractivity contribution in [1.29, 1.82) is 0 Å². The normalized spacial score (nSPS) is 22.6. The van der Waals surface area contributed by atoms with Gasteiger partial charge >= 0.3 is 5.97 Å². The Bertz CT molecular complexity index is 1340. The van der Waals surface area contributed by atoms with Gasteiger partial charge < -0.3 is 9.84 Å². The van der Waals surface area contributed by atoms with E-state index >= 15 is 0 Å². The Labute approximate surface area is 190 Å². The van der Waals surface area contributed by atoms with Crippen LogP contribution in [-0.2, 0) is 21.2 Å². The molecule has 1 aliphatic carbocycles. The lowest BCUT2D eigenvalue weighted by molar-refractivity contribution is -0.136. The minimum atomic E-state index is -3.74. The zero-order chi connectivity index (χ0) is 23.5. The molecule has 3 fully saturated rings. The Kier molecular flexibility index (Phi) is 5.17. The van der Waals surface area contributed by atoms with Gasteiger partial charge in [0.05, 0.1) is 34.7 Å². The molecule has 174 valence electrons. The zero-order valence-electron chi connectivity index (χ0n) is 18.2. The lowest BCUT2D eigenvalue weighted by Crippen LogP contribution is -2.42. The minimum Gasteiger partial charge on any atom is -0.491 e. The van der Waals surface area contributed by atoms with Crippen molar-refractivity contribution in [2.45, 2.75) is 49.8 Å². The van der Waals surface area contributed by atoms with Gasteiger partial charge in [-0.3, -0.25) is 9.48 Å². The molecule has 0 spiro atoms. The average molecular weight is 474 g/mol. The molecule has 0 radical (unpaired) electrons. The molecule has 1 saturated carbocycles. The highest BCUT2D eigenvalue weighted by Gasteiger charge is 2.57. The fourth-order valence-electron chi connectivity index (χ4n) is 4.96. The lowest BCUT2D eigenvalue weighted by atomic mass is 9.80. The first-order valence-corrected chi connectivity index (χ1v) is 12.3. The van der Waals surface area contributed by atoms with E-state index in [0.717, 1.165) is 0 Å². The van der Waals surface area contributed by atoms with Crippen LogP contribution < -0.4 is 4.74 Å². The van der Waals surface area contributed by atoms with E-state index in [1.807, 2.05) is 13.8 Å². The number of carbonyl (C=O) groups is 1. The second kappa shape index (κ2) is 7.81. The number of fused-ring (bicyclic) bond motifs is 2. The molecule has 1 aromatic heterocycles. The summed E-state index contributed by atoms with van der Waals surface area (Å²) >= 11 is 0. The van der Waals surface area contributed by atoms with E-state index in [1.165, 1.54) is 22.5 Å². The number of carboxylic acid groups (broad SMARTS) is 1. The SMILES string of the molecule is CC(C)Oc1ccc(S(=O)(=O)N2CC3CC2[C@@H]3n2nc(CC(=O)O)c3ccc(F)cc32)cc1. The molecule has 2 aromatic carbocycles. The number of hydrogen-bond acceptors (Lipinski definition) is 5. The van der Waals surface area contributed by atoms with Crippen molar-refractivity contribution in [3.05, 3.63) is 54.0 Å². The number of nitrogens with zero attached hydrogens (tertiary/aromatic N) is 3. The Morgan fingerprint density at radius 1 is 1.24 bits per heavy atom. The van der Waals surface area contributed by atoms with Crippen molar-refractivity contribution in [2.75, 3.05) is 6.54 Å². The second-order valence-electron chi connectivity index (χ2n) is 8.89. The number of halogens is 1. The number of rotatable bonds is 7. The number of hydrogen-bond donors (Lipinski definition) is 1. The van der Waals surface area contributed by atoms with Gasteiger partial charge in [0.2, 0.25) is 10.0 Å². The molecule has 2 bridgehead atoms. The molecule has 3 atom stereocenters. The van der Waals surface area contributed by atoms with Crippen LogP contribution in [0.5, 0.6) is 5.75 Å². The summed E-state index contributed by atoms with van der Waals surface area (Å²) in [7, 11) is -3.74. The highest BCUT2D eigenvalue weighted by Crippen LogP contribution is 2.52. The van der Waals surface area contributed by atoms with Crippen LogP contribution in [0.3, 0.4) is 0 Å². The molecule has 2 aliphatic heterocycles. The van der Waals surface area contributed by atoms with Crippen LogP contribution in [0.4, 0.5) is 4.39 Å². The van der Waals surface area contributed by atoms with Crippen LogP contribution >= 0.6 is 0 Å². The van der Waals surface area contributed by atoms with Gasteiger partial charge in [0.1, 0.15) is 11.6 Å². The van der Waals surface area contributed by atoms with Gasteiger partial charge in [-0.1, -0.05) is 0 Å². The molecule has 2 unspecified atom stereocenters. The van der Waals surface area contributed by atoms with Crippen LogP contribution in [-0.4, -0.2) is 52.3 Å². The summed E-state index contributed by atoms with van der Waals surface area (Å²) in [5.41, 5.74) is 0.833. The third-order valence-electron chi connectivity index (χ3n) is 6.35. The largest absolute Gasteiger partial charge is 0.491 e.